The van der Waals surface area contributed by atoms with Gasteiger partial charge in [0.2, 0.25) is 0 Å². The van der Waals surface area contributed by atoms with E-state index in [0.717, 1.165) is 0 Å². The van der Waals surface area contributed by atoms with Gasteiger partial charge in [-0.25, -0.2) is 0 Å². The summed E-state index contributed by atoms with van der Waals surface area (Å²) in [5, 5.41) is 0. The molecule has 0 amide bonds. The van der Waals surface area contributed by atoms with Gasteiger partial charge in [0.25, 0.3) is 0 Å². The monoisotopic (exact) mass is 2630 g/mol. The van der Waals surface area contributed by atoms with Crippen LogP contribution in [0.25, 0.3) is 0 Å². The SMILES string of the molecule is C=CC(F)(F)C(F)(F)C(F)(F)C(F)(F)C(F)(F)C(F)(F)C=C.C=C[Si](C)(C)O[Si](C)(C)C=C.C=C[Si](C)(C)O[Si](C)(C)C=C.C=C[Si](C)(C)O[Si](C)(C)C=C.CCCC(F)(F)C(F)(F)C(F)(F)C(F)(F)C(F)(F)C(F)(F)CC[Si](C)(C)CCC(F)(F)C(F)(F)C(F)(F)C(F)(F)C(F)(F)C(F)(F)CC[Si](C)(C)C.C[SiH](C)CCC(F)(F)C(F)(F)C(F)(F)C(F)(F)C(F)(F)C(F)(F)CC[SiH](C)C.[Pt].[Pt]. The van der Waals surface area contributed by atoms with Gasteiger partial charge in [0.1, 0.15) is 0 Å². The van der Waals surface area contributed by atoms with Gasteiger partial charge in [-0.2, -0.15) is 211 Å². The molecular formula is C74H116F48O3Pt2Si10. The van der Waals surface area contributed by atoms with E-state index in [1.807, 2.05) is 47.4 Å². The summed E-state index contributed by atoms with van der Waals surface area (Å²) >= 11 is 0. The molecule has 0 aromatic carbocycles. The van der Waals surface area contributed by atoms with Crippen LogP contribution in [0.4, 0.5) is 211 Å². The molecule has 826 valence electrons. The first-order valence-corrected chi connectivity index (χ1v) is 70.7. The molecule has 0 heterocycles. The third kappa shape index (κ3) is 35.3. The van der Waals surface area contributed by atoms with Gasteiger partial charge in [0, 0.05) is 114 Å². The maximum absolute atomic E-state index is 14.4. The van der Waals surface area contributed by atoms with Crippen LogP contribution < -0.4 is 0 Å². The van der Waals surface area contributed by atoms with Crippen LogP contribution in [-0.4, -0.2) is 226 Å². The van der Waals surface area contributed by atoms with Gasteiger partial charge in [0.05, 0.1) is 0 Å². The second kappa shape index (κ2) is 49.4. The molecule has 0 rings (SSSR count). The van der Waals surface area contributed by atoms with Crippen molar-refractivity contribution in [1.29, 1.82) is 0 Å². The van der Waals surface area contributed by atoms with Crippen LogP contribution >= 0.6 is 0 Å². The zero-order valence-electron chi connectivity index (χ0n) is 77.9. The van der Waals surface area contributed by atoms with Crippen molar-refractivity contribution in [3.05, 3.63) is 99.0 Å². The summed E-state index contributed by atoms with van der Waals surface area (Å²) in [6.07, 6.45) is -17.9. The second-order valence-electron chi connectivity index (χ2n) is 37.1. The van der Waals surface area contributed by atoms with E-state index >= 15 is 0 Å². The third-order valence-corrected chi connectivity index (χ3v) is 45.8. The van der Waals surface area contributed by atoms with Crippen molar-refractivity contribution < 1.29 is 265 Å². The maximum atomic E-state index is 14.4. The first kappa shape index (κ1) is 150. The molecule has 0 spiro atoms. The number of allylic oxidation sites excluding steroid dienone is 2. The fourth-order valence-electron chi connectivity index (χ4n) is 9.76. The predicted octanol–water partition coefficient (Wildman–Crippen LogP) is 33.9. The Morgan fingerprint density at radius 2 is 0.350 bits per heavy atom. The number of rotatable bonds is 51. The van der Waals surface area contributed by atoms with E-state index in [4.69, 9.17) is 12.3 Å². The quantitative estimate of drug-likeness (QED) is 0.0345. The molecule has 0 aliphatic carbocycles. The molecule has 0 fully saturated rings. The van der Waals surface area contributed by atoms with E-state index in [0.29, 0.717) is 20.0 Å². The Morgan fingerprint density at radius 3 is 0.482 bits per heavy atom. The Balaban J connectivity index is -0.000000273. The fraction of sp³-hybridized carbons (Fsp3) is 0.784. The van der Waals surface area contributed by atoms with Crippen LogP contribution in [0.3, 0.4) is 0 Å². The van der Waals surface area contributed by atoms with Gasteiger partial charge in [-0.15, -0.1) is 39.5 Å². The Kier molecular flexibility index (Phi) is 54.2. The fourth-order valence-corrected chi connectivity index (χ4v) is 33.2. The Hall–Kier alpha value is -2.01. The maximum Gasteiger partial charge on any atom is 0.385 e. The summed E-state index contributed by atoms with van der Waals surface area (Å²) in [5.41, 5.74) is 11.8. The molecule has 0 atom stereocenters. The third-order valence-electron chi connectivity index (χ3n) is 19.4. The summed E-state index contributed by atoms with van der Waals surface area (Å²) in [5.74, 6) is -169. The molecule has 63 heteroatoms. The van der Waals surface area contributed by atoms with E-state index in [2.05, 4.69) is 118 Å². The first-order valence-electron chi connectivity index (χ1n) is 39.4. The van der Waals surface area contributed by atoms with Gasteiger partial charge >= 0.3 is 142 Å². The summed E-state index contributed by atoms with van der Waals surface area (Å²) in [4.78, 5) is 0. The van der Waals surface area contributed by atoms with Crippen molar-refractivity contribution in [2.45, 2.75) is 362 Å². The van der Waals surface area contributed by atoms with Crippen molar-refractivity contribution in [3.8, 4) is 0 Å². The van der Waals surface area contributed by atoms with Crippen LogP contribution in [0.15, 0.2) is 99.0 Å². The molecule has 0 unspecified atom stereocenters. The zero-order chi connectivity index (χ0) is 111. The largest absolute Gasteiger partial charge is 0.449 e. The summed E-state index contributed by atoms with van der Waals surface area (Å²) in [6, 6.07) is -6.08. The Morgan fingerprint density at radius 1 is 0.212 bits per heavy atom. The summed E-state index contributed by atoms with van der Waals surface area (Å²) in [7, 11) is -20.9. The minimum atomic E-state index is -8.00. The van der Waals surface area contributed by atoms with Crippen molar-refractivity contribution in [2.75, 3.05) is 0 Å². The molecule has 137 heavy (non-hydrogen) atoms. The molecular weight excluding hydrogens is 2520 g/mol. The minimum Gasteiger partial charge on any atom is -0.449 e. The molecule has 3 nitrogen and oxygen atoms in total. The molecule has 0 saturated heterocycles. The topological polar surface area (TPSA) is 27.7 Å². The van der Waals surface area contributed by atoms with Gasteiger partial charge in [-0.05, 0) is 90.7 Å². The molecule has 0 bridgehead atoms. The number of hydrogen-bond acceptors (Lipinski definition) is 3. The normalized spacial score (nSPS) is 15.0. The van der Waals surface area contributed by atoms with Crippen LogP contribution in [0.1, 0.15) is 51.9 Å². The second-order valence-corrected chi connectivity index (χ2v) is 78.9. The average molecular weight is 2640 g/mol. The van der Waals surface area contributed by atoms with Gasteiger partial charge < -0.3 is 12.3 Å². The zero-order valence-corrected chi connectivity index (χ0v) is 92.8. The van der Waals surface area contributed by atoms with Crippen LogP contribution in [0.2, 0.25) is 168 Å². The van der Waals surface area contributed by atoms with Crippen molar-refractivity contribution in [1.82, 2.24) is 0 Å². The predicted molar refractivity (Wildman–Crippen MR) is 449 cm³/mol. The standard InChI is InChI=1S/C26H34F24Si2.C14H22F12Si2.C10H6F12.3C8H18OSi2.2Pt/c1-7-8-15(27,28)19(35,36)23(43,44)25(47,48)21(39,40)17(31,32)10-13-52(5,6)14-11-18(33,34)22(41,42)26(49,50)24(45,46)20(37,38)16(29,30)9-12-51(2,3)4;1-27(2)7-5-9(15,16)11(19,20)13(23,24)14(25,26)12(21,22)10(17,18)6-8-28(3)4;1-3-5(11,12)7(15,16)9(19,20)10(21,22)8(17,18)6(13,14)4-2;3*1-7-10(3,4)9-11(5,6)8-2;;/h7-14H2,1-6H3;27-28H,5-8H2,1-4H3;3-4H,1-2H2;3*7-8H,1-2H2,3-6H3;;. The molecule has 0 aromatic heterocycles. The van der Waals surface area contributed by atoms with E-state index in [1.165, 1.54) is 45.8 Å². The number of hydrogen-bond donors (Lipinski definition) is 0. The number of alkyl halides is 48. The minimum absolute atomic E-state index is 0. The smallest absolute Gasteiger partial charge is 0.385 e. The summed E-state index contributed by atoms with van der Waals surface area (Å²) < 4.78 is 673. The van der Waals surface area contributed by atoms with Crippen molar-refractivity contribution in [2.24, 2.45) is 0 Å². The molecule has 0 saturated carbocycles. The van der Waals surface area contributed by atoms with Crippen molar-refractivity contribution in [3.63, 3.8) is 0 Å². The van der Waals surface area contributed by atoms with E-state index < -0.39 is 313 Å². The van der Waals surface area contributed by atoms with Crippen molar-refractivity contribution >= 4 is 83.6 Å². The average Bonchev–Trinajstić information content (AvgIpc) is 0.703. The van der Waals surface area contributed by atoms with E-state index in [1.54, 1.807) is 0 Å². The van der Waals surface area contributed by atoms with E-state index in [9.17, 15) is 211 Å². The first-order chi connectivity index (χ1) is 58.1. The number of halogens is 48. The molecule has 0 N–H and O–H groups in total. The molecule has 0 radical (unpaired) electrons. The van der Waals surface area contributed by atoms with Crippen LogP contribution in [0.5, 0.6) is 0 Å². The summed E-state index contributed by atoms with van der Waals surface area (Å²) in [6.45, 7) is 63.0. The van der Waals surface area contributed by atoms with Gasteiger partial charge in [0.15, 0.2) is 49.9 Å². The van der Waals surface area contributed by atoms with E-state index in [-0.39, 0.29) is 42.1 Å². The van der Waals surface area contributed by atoms with Gasteiger partial charge in [-0.1, -0.05) is 150 Å². The van der Waals surface area contributed by atoms with Crippen LogP contribution in [-0.2, 0) is 54.5 Å². The molecule has 0 aliphatic rings. The van der Waals surface area contributed by atoms with Gasteiger partial charge in [-0.3, -0.25) is 0 Å². The Labute approximate surface area is 805 Å². The van der Waals surface area contributed by atoms with Crippen LogP contribution in [0, 0.1) is 0 Å². The molecule has 0 aromatic rings. The Bertz CT molecular complexity index is 3560. The molecule has 0 aliphatic heterocycles.